The maximum Gasteiger partial charge on any atom is 0.206 e. The third kappa shape index (κ3) is 3.98. The first-order valence-corrected chi connectivity index (χ1v) is 11.2. The van der Waals surface area contributed by atoms with Crippen molar-refractivity contribution in [1.29, 1.82) is 0 Å². The molecule has 0 atom stereocenters. The van der Waals surface area contributed by atoms with Crippen LogP contribution in [0.3, 0.4) is 0 Å². The molecule has 1 N–H and O–H groups in total. The number of H-pyrrole nitrogens is 1. The molecule has 0 aliphatic rings. The summed E-state index contributed by atoms with van der Waals surface area (Å²) in [6.45, 7) is 7.70. The minimum Gasteiger partial charge on any atom is -0.488 e. The molecule has 0 amide bonds. The summed E-state index contributed by atoms with van der Waals surface area (Å²) in [4.78, 5) is 4.70. The Hall–Kier alpha value is -4.00. The summed E-state index contributed by atoms with van der Waals surface area (Å²) in [5.41, 5.74) is 7.44. The van der Waals surface area contributed by atoms with Gasteiger partial charge in [-0.1, -0.05) is 43.3 Å². The van der Waals surface area contributed by atoms with E-state index >= 15 is 0 Å². The summed E-state index contributed by atoms with van der Waals surface area (Å²) in [6.07, 6.45) is 0.870. The minimum absolute atomic E-state index is 0.489. The molecule has 0 aliphatic carbocycles. The van der Waals surface area contributed by atoms with Crippen molar-refractivity contribution in [3.8, 4) is 28.4 Å². The fourth-order valence-electron chi connectivity index (χ4n) is 4.26. The summed E-state index contributed by atoms with van der Waals surface area (Å²) in [7, 11) is 0. The number of fused-ring (bicyclic) bond motifs is 1. The summed E-state index contributed by atoms with van der Waals surface area (Å²) < 4.78 is 8.52. The van der Waals surface area contributed by atoms with E-state index in [1.807, 2.05) is 24.3 Å². The van der Waals surface area contributed by atoms with E-state index in [2.05, 4.69) is 82.4 Å². The third-order valence-corrected chi connectivity index (χ3v) is 5.92. The van der Waals surface area contributed by atoms with Crippen LogP contribution in [-0.4, -0.2) is 30.2 Å². The maximum atomic E-state index is 6.25. The number of nitrogens with zero attached hydrogens (tertiary/aromatic N) is 5. The number of pyridine rings is 1. The molecule has 0 aliphatic heterocycles. The molecule has 0 bridgehead atoms. The van der Waals surface area contributed by atoms with Gasteiger partial charge in [-0.15, -0.1) is 10.2 Å². The number of tetrazole rings is 1. The molecular weight excluding hydrogens is 412 g/mol. The summed E-state index contributed by atoms with van der Waals surface area (Å²) in [5, 5.41) is 15.7. The van der Waals surface area contributed by atoms with Crippen LogP contribution >= 0.6 is 0 Å². The first kappa shape index (κ1) is 20.9. The molecule has 2 aromatic carbocycles. The number of ether oxygens (including phenoxy) is 1. The molecule has 0 fully saturated rings. The molecule has 0 saturated heterocycles. The number of para-hydroxylation sites is 1. The molecule has 33 heavy (non-hydrogen) atoms. The van der Waals surface area contributed by atoms with E-state index < -0.39 is 0 Å². The molecule has 7 heteroatoms. The van der Waals surface area contributed by atoms with Crippen molar-refractivity contribution in [2.45, 2.75) is 40.3 Å². The Morgan fingerprint density at radius 2 is 1.82 bits per heavy atom. The van der Waals surface area contributed by atoms with Crippen LogP contribution in [0.25, 0.3) is 33.5 Å². The molecule has 3 heterocycles. The molecule has 5 rings (SSSR count). The third-order valence-electron chi connectivity index (χ3n) is 5.92. The highest BCUT2D eigenvalue weighted by Gasteiger charge is 2.18. The van der Waals surface area contributed by atoms with Crippen LogP contribution in [0.4, 0.5) is 0 Å². The van der Waals surface area contributed by atoms with Crippen LogP contribution < -0.4 is 4.74 Å². The zero-order valence-corrected chi connectivity index (χ0v) is 19.0. The van der Waals surface area contributed by atoms with E-state index in [0.29, 0.717) is 12.4 Å². The Morgan fingerprint density at radius 3 is 2.55 bits per heavy atom. The van der Waals surface area contributed by atoms with Crippen LogP contribution in [0.2, 0.25) is 0 Å². The molecule has 5 aromatic rings. The fraction of sp³-hybridized carbons (Fsp3) is 0.231. The fourth-order valence-corrected chi connectivity index (χ4v) is 4.26. The van der Waals surface area contributed by atoms with Crippen molar-refractivity contribution in [3.63, 3.8) is 0 Å². The van der Waals surface area contributed by atoms with Gasteiger partial charge in [0, 0.05) is 34.9 Å². The number of aromatic nitrogens is 6. The van der Waals surface area contributed by atoms with Gasteiger partial charge in [0.2, 0.25) is 5.82 Å². The van der Waals surface area contributed by atoms with Gasteiger partial charge in [0.05, 0.1) is 11.2 Å². The normalized spacial score (nSPS) is 11.2. The lowest BCUT2D eigenvalue weighted by Crippen LogP contribution is -2.01. The topological polar surface area (TPSA) is 81.5 Å². The summed E-state index contributed by atoms with van der Waals surface area (Å²) >= 11 is 0. The number of aryl methyl sites for hydroxylation is 2. The number of hydrogen-bond acceptors (Lipinski definition) is 5. The second-order valence-corrected chi connectivity index (χ2v) is 8.00. The highest BCUT2D eigenvalue weighted by atomic mass is 16.5. The molecule has 0 saturated carbocycles. The number of nitrogens with one attached hydrogen (secondary N) is 1. The monoisotopic (exact) mass is 438 g/mol. The van der Waals surface area contributed by atoms with Crippen LogP contribution in [0.5, 0.6) is 5.75 Å². The standard InChI is InChI=1S/C26H26N6O/c1-4-20-15-24(21-8-6-7-9-23(21)27-20)33-16-18-10-12-19(13-11-18)25-22(26-28-30-31-29-26)14-17(3)32(25)5-2/h6-15H,4-5,16H2,1-3H3,(H,28,29,30,31). The van der Waals surface area contributed by atoms with Gasteiger partial charge in [-0.2, -0.15) is 5.21 Å². The highest BCUT2D eigenvalue weighted by molar-refractivity contribution is 5.85. The second kappa shape index (κ2) is 8.86. The lowest BCUT2D eigenvalue weighted by molar-refractivity contribution is 0.309. The van der Waals surface area contributed by atoms with Crippen LogP contribution in [-0.2, 0) is 19.6 Å². The van der Waals surface area contributed by atoms with Gasteiger partial charge in [-0.25, -0.2) is 0 Å². The van der Waals surface area contributed by atoms with E-state index in [4.69, 9.17) is 9.72 Å². The van der Waals surface area contributed by atoms with Crippen molar-refractivity contribution >= 4 is 10.9 Å². The summed E-state index contributed by atoms with van der Waals surface area (Å²) in [5.74, 6) is 1.47. The van der Waals surface area contributed by atoms with Gasteiger partial charge in [-0.3, -0.25) is 4.98 Å². The van der Waals surface area contributed by atoms with Crippen LogP contribution in [0, 0.1) is 6.92 Å². The van der Waals surface area contributed by atoms with Gasteiger partial charge in [0.1, 0.15) is 12.4 Å². The molecule has 0 radical (unpaired) electrons. The maximum absolute atomic E-state index is 6.25. The molecule has 3 aromatic heterocycles. The van der Waals surface area contributed by atoms with E-state index in [1.54, 1.807) is 0 Å². The van der Waals surface area contributed by atoms with Gasteiger partial charge in [-0.05, 0) is 54.8 Å². The van der Waals surface area contributed by atoms with E-state index in [9.17, 15) is 0 Å². The first-order chi connectivity index (χ1) is 16.2. The van der Waals surface area contributed by atoms with Gasteiger partial charge in [0.25, 0.3) is 0 Å². The molecule has 7 nitrogen and oxygen atoms in total. The Bertz CT molecular complexity index is 1390. The lowest BCUT2D eigenvalue weighted by Gasteiger charge is -2.13. The minimum atomic E-state index is 0.489. The Morgan fingerprint density at radius 1 is 1.00 bits per heavy atom. The number of rotatable bonds is 7. The van der Waals surface area contributed by atoms with Crippen molar-refractivity contribution in [1.82, 2.24) is 30.2 Å². The lowest BCUT2D eigenvalue weighted by atomic mass is 10.1. The Kier molecular flexibility index (Phi) is 5.60. The van der Waals surface area contributed by atoms with Crippen LogP contribution in [0.1, 0.15) is 30.8 Å². The first-order valence-electron chi connectivity index (χ1n) is 11.2. The quantitative estimate of drug-likeness (QED) is 0.370. The van der Waals surface area contributed by atoms with Crippen molar-refractivity contribution in [2.24, 2.45) is 0 Å². The molecule has 0 spiro atoms. The second-order valence-electron chi connectivity index (χ2n) is 8.00. The summed E-state index contributed by atoms with van der Waals surface area (Å²) in [6, 6.07) is 20.8. The number of aromatic amines is 1. The zero-order chi connectivity index (χ0) is 22.8. The predicted molar refractivity (Wildman–Crippen MR) is 129 cm³/mol. The van der Waals surface area contributed by atoms with Crippen molar-refractivity contribution in [2.75, 3.05) is 0 Å². The number of hydrogen-bond donors (Lipinski definition) is 1. The van der Waals surface area contributed by atoms with E-state index in [0.717, 1.165) is 63.4 Å². The van der Waals surface area contributed by atoms with Gasteiger partial charge in [0.15, 0.2) is 0 Å². The highest BCUT2D eigenvalue weighted by Crippen LogP contribution is 2.34. The van der Waals surface area contributed by atoms with Gasteiger partial charge >= 0.3 is 0 Å². The smallest absolute Gasteiger partial charge is 0.206 e. The largest absolute Gasteiger partial charge is 0.488 e. The molecule has 166 valence electrons. The van der Waals surface area contributed by atoms with E-state index in [-0.39, 0.29) is 0 Å². The SMILES string of the molecule is CCc1cc(OCc2ccc(-c3c(-c4nn[nH]n4)cc(C)n3CC)cc2)c2ccccc2n1. The van der Waals surface area contributed by atoms with E-state index in [1.165, 1.54) is 0 Å². The van der Waals surface area contributed by atoms with Crippen LogP contribution in [0.15, 0.2) is 60.7 Å². The number of benzene rings is 2. The molecular formula is C26H26N6O. The Balaban J connectivity index is 1.43. The van der Waals surface area contributed by atoms with Crippen molar-refractivity contribution in [3.05, 3.63) is 77.6 Å². The Labute approximate surface area is 192 Å². The van der Waals surface area contributed by atoms with Crippen molar-refractivity contribution < 1.29 is 4.74 Å². The average Bonchev–Trinajstić information content (AvgIpc) is 3.50. The van der Waals surface area contributed by atoms with Gasteiger partial charge < -0.3 is 9.30 Å². The zero-order valence-electron chi connectivity index (χ0n) is 19.0. The molecule has 0 unspecified atom stereocenters. The predicted octanol–water partition coefficient (Wildman–Crippen LogP) is 5.35. The average molecular weight is 439 g/mol.